The zero-order valence-corrected chi connectivity index (χ0v) is 13.8. The van der Waals surface area contributed by atoms with E-state index >= 15 is 0 Å². The predicted octanol–water partition coefficient (Wildman–Crippen LogP) is 3.02. The van der Waals surface area contributed by atoms with Crippen molar-refractivity contribution in [1.82, 2.24) is 15.5 Å². The Bertz CT molecular complexity index is 753. The number of H-pyrrole nitrogens is 1. The van der Waals surface area contributed by atoms with Crippen molar-refractivity contribution in [2.45, 2.75) is 51.5 Å². The molecule has 6 heteroatoms. The van der Waals surface area contributed by atoms with E-state index in [4.69, 9.17) is 0 Å². The number of hydrogen-bond donors (Lipinski definition) is 3. The van der Waals surface area contributed by atoms with Crippen LogP contribution in [0.3, 0.4) is 0 Å². The number of aliphatic carboxylic acids is 1. The number of amides is 1. The van der Waals surface area contributed by atoms with Crippen LogP contribution >= 0.6 is 0 Å². The molecule has 1 saturated carbocycles. The van der Waals surface area contributed by atoms with Gasteiger partial charge in [0.2, 0.25) is 0 Å². The summed E-state index contributed by atoms with van der Waals surface area (Å²) in [6.07, 6.45) is 7.02. The third-order valence-electron chi connectivity index (χ3n) is 4.84. The average molecular weight is 329 g/mol. The van der Waals surface area contributed by atoms with E-state index in [0.717, 1.165) is 36.6 Å². The minimum Gasteiger partial charge on any atom is -0.481 e. The Kier molecular flexibility index (Phi) is 4.83. The normalized spacial score (nSPS) is 21.9. The van der Waals surface area contributed by atoms with Gasteiger partial charge in [0.05, 0.1) is 23.2 Å². The lowest BCUT2D eigenvalue weighted by Gasteiger charge is -2.27. The Morgan fingerprint density at radius 1 is 1.21 bits per heavy atom. The summed E-state index contributed by atoms with van der Waals surface area (Å²) in [5, 5.41) is 20.2. The summed E-state index contributed by atoms with van der Waals surface area (Å²) < 4.78 is 0. The van der Waals surface area contributed by atoms with Crippen LogP contribution in [0.5, 0.6) is 0 Å². The molecule has 1 aliphatic rings. The predicted molar refractivity (Wildman–Crippen MR) is 90.9 cm³/mol. The van der Waals surface area contributed by atoms with Crippen molar-refractivity contribution >= 4 is 22.8 Å². The van der Waals surface area contributed by atoms with Gasteiger partial charge in [0.25, 0.3) is 5.91 Å². The van der Waals surface area contributed by atoms with E-state index in [9.17, 15) is 14.7 Å². The molecule has 0 spiro atoms. The van der Waals surface area contributed by atoms with E-state index in [0.29, 0.717) is 23.9 Å². The Labute approximate surface area is 140 Å². The molecule has 1 aromatic carbocycles. The molecule has 0 bridgehead atoms. The number of aryl methyl sites for hydroxylation is 1. The molecule has 128 valence electrons. The van der Waals surface area contributed by atoms with Crippen LogP contribution < -0.4 is 5.32 Å². The molecule has 1 aliphatic carbocycles. The number of fused-ring (bicyclic) bond motifs is 1. The second kappa shape index (κ2) is 7.03. The summed E-state index contributed by atoms with van der Waals surface area (Å²) in [6, 6.07) is 3.45. The van der Waals surface area contributed by atoms with E-state index in [1.54, 1.807) is 6.20 Å². The molecule has 24 heavy (non-hydrogen) atoms. The first-order valence-electron chi connectivity index (χ1n) is 8.53. The molecule has 1 heterocycles. The molecule has 1 aromatic heterocycles. The second-order valence-electron chi connectivity index (χ2n) is 6.66. The number of nitrogens with zero attached hydrogens (tertiary/aromatic N) is 1. The summed E-state index contributed by atoms with van der Waals surface area (Å²) in [5.74, 6) is -1.57. The minimum absolute atomic E-state index is 0.232. The maximum absolute atomic E-state index is 12.8. The summed E-state index contributed by atoms with van der Waals surface area (Å²) in [4.78, 5) is 24.4. The number of carboxylic acid groups (broad SMARTS) is 1. The van der Waals surface area contributed by atoms with Crippen LogP contribution in [-0.4, -0.2) is 33.2 Å². The molecule has 3 N–H and O–H groups in total. The standard InChI is InChI=1S/C18H23N3O3/c1-11-8-12-10-19-21-16(12)14(9-11)17(22)20-15-7-5-3-2-4-6-13(15)18(23)24/h8-10,13,15H,2-7H2,1H3,(H,19,21)(H,20,22)(H,23,24). The van der Waals surface area contributed by atoms with Gasteiger partial charge in [-0.25, -0.2) is 0 Å². The van der Waals surface area contributed by atoms with Gasteiger partial charge in [-0.15, -0.1) is 0 Å². The fraction of sp³-hybridized carbons (Fsp3) is 0.500. The van der Waals surface area contributed by atoms with E-state index in [-0.39, 0.29) is 11.9 Å². The van der Waals surface area contributed by atoms with Crippen LogP contribution in [0, 0.1) is 12.8 Å². The maximum Gasteiger partial charge on any atom is 0.308 e. The molecule has 0 saturated heterocycles. The monoisotopic (exact) mass is 329 g/mol. The third kappa shape index (κ3) is 3.42. The third-order valence-corrected chi connectivity index (χ3v) is 4.84. The number of carbonyl (C=O) groups is 2. The van der Waals surface area contributed by atoms with Crippen molar-refractivity contribution in [1.29, 1.82) is 0 Å². The first-order valence-corrected chi connectivity index (χ1v) is 8.53. The van der Waals surface area contributed by atoms with Crippen molar-refractivity contribution in [3.05, 3.63) is 29.5 Å². The Morgan fingerprint density at radius 2 is 1.96 bits per heavy atom. The lowest BCUT2D eigenvalue weighted by Crippen LogP contribution is -2.44. The van der Waals surface area contributed by atoms with Gasteiger partial charge < -0.3 is 10.4 Å². The van der Waals surface area contributed by atoms with Gasteiger partial charge in [0, 0.05) is 11.4 Å². The van der Waals surface area contributed by atoms with Crippen LogP contribution in [0.4, 0.5) is 0 Å². The molecule has 6 nitrogen and oxygen atoms in total. The number of benzene rings is 1. The molecule has 2 unspecified atom stereocenters. The van der Waals surface area contributed by atoms with E-state index < -0.39 is 11.9 Å². The highest BCUT2D eigenvalue weighted by atomic mass is 16.4. The number of hydrogen-bond acceptors (Lipinski definition) is 3. The van der Waals surface area contributed by atoms with Crippen molar-refractivity contribution in [2.24, 2.45) is 5.92 Å². The molecule has 2 atom stereocenters. The van der Waals surface area contributed by atoms with Crippen molar-refractivity contribution in [2.75, 3.05) is 0 Å². The van der Waals surface area contributed by atoms with E-state index in [2.05, 4.69) is 15.5 Å². The first kappa shape index (κ1) is 16.5. The Morgan fingerprint density at radius 3 is 2.71 bits per heavy atom. The van der Waals surface area contributed by atoms with E-state index in [1.165, 1.54) is 0 Å². The smallest absolute Gasteiger partial charge is 0.308 e. The number of nitrogens with one attached hydrogen (secondary N) is 2. The Balaban J connectivity index is 1.85. The summed E-state index contributed by atoms with van der Waals surface area (Å²) in [6.45, 7) is 1.93. The van der Waals surface area contributed by atoms with Gasteiger partial charge >= 0.3 is 5.97 Å². The van der Waals surface area contributed by atoms with Gasteiger partial charge in [-0.2, -0.15) is 5.10 Å². The van der Waals surface area contributed by atoms with E-state index in [1.807, 2.05) is 19.1 Å². The average Bonchev–Trinajstić information content (AvgIpc) is 2.96. The van der Waals surface area contributed by atoms with Crippen LogP contribution in [-0.2, 0) is 4.79 Å². The fourth-order valence-corrected chi connectivity index (χ4v) is 3.59. The van der Waals surface area contributed by atoms with Gasteiger partial charge in [0.1, 0.15) is 0 Å². The summed E-state index contributed by atoms with van der Waals surface area (Å²) in [7, 11) is 0. The van der Waals surface area contributed by atoms with Gasteiger partial charge in [-0.1, -0.05) is 25.7 Å². The topological polar surface area (TPSA) is 95.1 Å². The van der Waals surface area contributed by atoms with Gasteiger partial charge in [-0.05, 0) is 37.5 Å². The lowest BCUT2D eigenvalue weighted by molar-refractivity contribution is -0.143. The van der Waals surface area contributed by atoms with Crippen LogP contribution in [0.25, 0.3) is 10.9 Å². The zero-order valence-electron chi connectivity index (χ0n) is 13.8. The van der Waals surface area contributed by atoms with Crippen LogP contribution in [0.15, 0.2) is 18.3 Å². The summed E-state index contributed by atoms with van der Waals surface area (Å²) in [5.41, 5.74) is 2.19. The lowest BCUT2D eigenvalue weighted by atomic mass is 9.86. The molecular weight excluding hydrogens is 306 g/mol. The molecule has 0 aliphatic heterocycles. The molecule has 2 aromatic rings. The van der Waals surface area contributed by atoms with Crippen LogP contribution in [0.2, 0.25) is 0 Å². The van der Waals surface area contributed by atoms with Crippen molar-refractivity contribution in [3.8, 4) is 0 Å². The first-order chi connectivity index (χ1) is 11.6. The molecule has 3 rings (SSSR count). The molecule has 1 amide bonds. The second-order valence-corrected chi connectivity index (χ2v) is 6.66. The number of carboxylic acids is 1. The quantitative estimate of drug-likeness (QED) is 0.806. The number of aromatic nitrogens is 2. The minimum atomic E-state index is -0.821. The molecule has 1 fully saturated rings. The van der Waals surface area contributed by atoms with Crippen molar-refractivity contribution < 1.29 is 14.7 Å². The highest BCUT2D eigenvalue weighted by molar-refractivity contribution is 6.06. The van der Waals surface area contributed by atoms with Crippen LogP contribution in [0.1, 0.15) is 54.4 Å². The zero-order chi connectivity index (χ0) is 17.1. The number of carbonyl (C=O) groups excluding carboxylic acids is 1. The highest BCUT2D eigenvalue weighted by Gasteiger charge is 2.30. The van der Waals surface area contributed by atoms with Gasteiger partial charge in [0.15, 0.2) is 0 Å². The highest BCUT2D eigenvalue weighted by Crippen LogP contribution is 2.25. The van der Waals surface area contributed by atoms with Crippen molar-refractivity contribution in [3.63, 3.8) is 0 Å². The Hall–Kier alpha value is -2.37. The van der Waals surface area contributed by atoms with Gasteiger partial charge in [-0.3, -0.25) is 14.7 Å². The summed E-state index contributed by atoms with van der Waals surface area (Å²) >= 11 is 0. The molecule has 0 radical (unpaired) electrons. The fourth-order valence-electron chi connectivity index (χ4n) is 3.59. The maximum atomic E-state index is 12.8. The SMILES string of the molecule is Cc1cc(C(=O)NC2CCCCCCC2C(=O)O)c2[nH]ncc2c1. The number of aromatic amines is 1. The largest absolute Gasteiger partial charge is 0.481 e. The number of rotatable bonds is 3. The molecular formula is C18H23N3O3.